The first kappa shape index (κ1) is 17.6. The van der Waals surface area contributed by atoms with Gasteiger partial charge in [-0.2, -0.15) is 0 Å². The number of sulfonamides is 1. The summed E-state index contributed by atoms with van der Waals surface area (Å²) in [6.07, 6.45) is 0. The van der Waals surface area contributed by atoms with Gasteiger partial charge in [-0.1, -0.05) is 12.1 Å². The molecular weight excluding hydrogens is 436 g/mol. The largest absolute Gasteiger partial charge is 0.293 e. The van der Waals surface area contributed by atoms with Gasteiger partial charge in [-0.25, -0.2) is 18.7 Å². The summed E-state index contributed by atoms with van der Waals surface area (Å²) in [5, 5.41) is 0. The van der Waals surface area contributed by atoms with E-state index >= 15 is 0 Å². The standard InChI is InChI=1S/C14H13FIN3O3S/c15-10-5-7-11(8-6-10)23(21,22)19(9-14(20)18-17)13-4-2-1-3-12(13)16/h1-8H,9,17H2,(H,18,20). The van der Waals surface area contributed by atoms with Crippen LogP contribution in [-0.2, 0) is 14.8 Å². The Morgan fingerprint density at radius 1 is 1.17 bits per heavy atom. The second-order valence-electron chi connectivity index (χ2n) is 4.48. The molecule has 23 heavy (non-hydrogen) atoms. The highest BCUT2D eigenvalue weighted by atomic mass is 127. The quantitative estimate of drug-likeness (QED) is 0.314. The average molecular weight is 449 g/mol. The van der Waals surface area contributed by atoms with Crippen molar-refractivity contribution >= 4 is 44.2 Å². The predicted molar refractivity (Wildman–Crippen MR) is 92.4 cm³/mol. The highest BCUT2D eigenvalue weighted by Crippen LogP contribution is 2.28. The molecule has 0 unspecified atom stereocenters. The van der Waals surface area contributed by atoms with Crippen molar-refractivity contribution in [3.8, 4) is 0 Å². The minimum absolute atomic E-state index is 0.122. The zero-order valence-corrected chi connectivity index (χ0v) is 14.7. The molecular formula is C14H13FIN3O3S. The van der Waals surface area contributed by atoms with Crippen LogP contribution in [0, 0.1) is 9.39 Å². The summed E-state index contributed by atoms with van der Waals surface area (Å²) in [5.41, 5.74) is 2.24. The van der Waals surface area contributed by atoms with Crippen LogP contribution in [0.2, 0.25) is 0 Å². The van der Waals surface area contributed by atoms with E-state index in [-0.39, 0.29) is 4.90 Å². The number of carbonyl (C=O) groups excluding carboxylic acids is 1. The molecule has 0 atom stereocenters. The number of carbonyl (C=O) groups is 1. The molecule has 0 radical (unpaired) electrons. The maximum absolute atomic E-state index is 13.0. The van der Waals surface area contributed by atoms with Crippen molar-refractivity contribution in [1.29, 1.82) is 0 Å². The lowest BCUT2D eigenvalue weighted by Crippen LogP contribution is -2.43. The maximum Gasteiger partial charge on any atom is 0.264 e. The maximum atomic E-state index is 13.0. The number of anilines is 1. The number of para-hydroxylation sites is 1. The highest BCUT2D eigenvalue weighted by Gasteiger charge is 2.28. The lowest BCUT2D eigenvalue weighted by molar-refractivity contribution is -0.119. The molecule has 9 heteroatoms. The number of halogens is 2. The van der Waals surface area contributed by atoms with E-state index in [2.05, 4.69) is 0 Å². The van der Waals surface area contributed by atoms with Gasteiger partial charge in [0.25, 0.3) is 15.9 Å². The normalized spacial score (nSPS) is 11.1. The molecule has 0 aliphatic rings. The zero-order chi connectivity index (χ0) is 17.0. The van der Waals surface area contributed by atoms with E-state index in [0.717, 1.165) is 28.6 Å². The van der Waals surface area contributed by atoms with Gasteiger partial charge in [-0.05, 0) is 59.0 Å². The van der Waals surface area contributed by atoms with Crippen molar-refractivity contribution in [2.75, 3.05) is 10.8 Å². The Hall–Kier alpha value is -1.72. The summed E-state index contributed by atoms with van der Waals surface area (Å²) in [4.78, 5) is 11.5. The summed E-state index contributed by atoms with van der Waals surface area (Å²) in [6, 6.07) is 11.1. The number of benzene rings is 2. The first-order valence-electron chi connectivity index (χ1n) is 6.38. The third kappa shape index (κ3) is 3.98. The minimum Gasteiger partial charge on any atom is -0.293 e. The molecule has 0 aromatic heterocycles. The van der Waals surface area contributed by atoms with Crippen LogP contribution in [0.4, 0.5) is 10.1 Å². The minimum atomic E-state index is -4.05. The van der Waals surface area contributed by atoms with E-state index in [1.54, 1.807) is 24.3 Å². The van der Waals surface area contributed by atoms with Crippen LogP contribution in [0.15, 0.2) is 53.4 Å². The number of nitrogens with zero attached hydrogens (tertiary/aromatic N) is 1. The Labute approximate surface area is 146 Å². The van der Waals surface area contributed by atoms with Crippen LogP contribution in [0.5, 0.6) is 0 Å². The van der Waals surface area contributed by atoms with Gasteiger partial charge in [0.1, 0.15) is 12.4 Å². The molecule has 0 saturated heterocycles. The van der Waals surface area contributed by atoms with Crippen LogP contribution >= 0.6 is 22.6 Å². The summed E-state index contributed by atoms with van der Waals surface area (Å²) in [7, 11) is -4.05. The van der Waals surface area contributed by atoms with Crippen molar-refractivity contribution in [3.05, 3.63) is 57.9 Å². The van der Waals surface area contributed by atoms with Gasteiger partial charge in [-0.15, -0.1) is 0 Å². The van der Waals surface area contributed by atoms with E-state index in [1.807, 2.05) is 28.0 Å². The first-order valence-corrected chi connectivity index (χ1v) is 8.90. The van der Waals surface area contributed by atoms with Crippen LogP contribution in [0.3, 0.4) is 0 Å². The number of hydrogen-bond donors (Lipinski definition) is 2. The molecule has 0 aliphatic heterocycles. The fourth-order valence-electron chi connectivity index (χ4n) is 1.86. The third-order valence-electron chi connectivity index (χ3n) is 2.97. The zero-order valence-electron chi connectivity index (χ0n) is 11.7. The molecule has 3 N–H and O–H groups in total. The van der Waals surface area contributed by atoms with Gasteiger partial charge in [0.15, 0.2) is 0 Å². The Kier molecular flexibility index (Phi) is 5.55. The average Bonchev–Trinajstić information content (AvgIpc) is 2.53. The fourth-order valence-corrected chi connectivity index (χ4v) is 4.15. The lowest BCUT2D eigenvalue weighted by Gasteiger charge is -2.24. The molecule has 1 amide bonds. The van der Waals surface area contributed by atoms with E-state index in [9.17, 15) is 17.6 Å². The molecule has 122 valence electrons. The van der Waals surface area contributed by atoms with Crippen molar-refractivity contribution in [1.82, 2.24) is 5.43 Å². The molecule has 0 fully saturated rings. The molecule has 0 spiro atoms. The van der Waals surface area contributed by atoms with Gasteiger partial charge in [0.2, 0.25) is 0 Å². The second kappa shape index (κ2) is 7.23. The summed E-state index contributed by atoms with van der Waals surface area (Å²) in [6.45, 7) is -0.490. The van der Waals surface area contributed by atoms with Crippen LogP contribution in [0.1, 0.15) is 0 Å². The topological polar surface area (TPSA) is 92.5 Å². The van der Waals surface area contributed by atoms with Crippen molar-refractivity contribution in [3.63, 3.8) is 0 Å². The highest BCUT2D eigenvalue weighted by molar-refractivity contribution is 14.1. The third-order valence-corrected chi connectivity index (χ3v) is 5.66. The molecule has 0 saturated carbocycles. The number of nitrogens with two attached hydrogens (primary N) is 1. The first-order chi connectivity index (χ1) is 10.9. The SMILES string of the molecule is NNC(=O)CN(c1ccccc1I)S(=O)(=O)c1ccc(F)cc1. The molecule has 0 aliphatic carbocycles. The Morgan fingerprint density at radius 2 is 1.78 bits per heavy atom. The number of hydrogen-bond acceptors (Lipinski definition) is 4. The fraction of sp³-hybridized carbons (Fsp3) is 0.0714. The predicted octanol–water partition coefficient (Wildman–Crippen LogP) is 1.62. The monoisotopic (exact) mass is 449 g/mol. The Balaban J connectivity index is 2.54. The number of amides is 1. The van der Waals surface area contributed by atoms with Crippen LogP contribution < -0.4 is 15.6 Å². The molecule has 2 aromatic rings. The van der Waals surface area contributed by atoms with E-state index in [1.165, 1.54) is 0 Å². The second-order valence-corrected chi connectivity index (χ2v) is 7.51. The summed E-state index contributed by atoms with van der Waals surface area (Å²) < 4.78 is 40.3. The van der Waals surface area contributed by atoms with Crippen molar-refractivity contribution in [2.45, 2.75) is 4.90 Å². The van der Waals surface area contributed by atoms with Crippen LogP contribution in [0.25, 0.3) is 0 Å². The number of rotatable bonds is 5. The number of nitrogens with one attached hydrogen (secondary N) is 1. The Bertz CT molecular complexity index is 812. The summed E-state index contributed by atoms with van der Waals surface area (Å²) >= 11 is 1.97. The molecule has 6 nitrogen and oxygen atoms in total. The lowest BCUT2D eigenvalue weighted by atomic mass is 10.3. The van der Waals surface area contributed by atoms with Crippen LogP contribution in [-0.4, -0.2) is 20.9 Å². The van der Waals surface area contributed by atoms with E-state index < -0.39 is 28.3 Å². The molecule has 0 bridgehead atoms. The van der Waals surface area contributed by atoms with Gasteiger partial charge < -0.3 is 0 Å². The van der Waals surface area contributed by atoms with Crippen molar-refractivity contribution in [2.24, 2.45) is 5.84 Å². The summed E-state index contributed by atoms with van der Waals surface area (Å²) in [5.74, 6) is 3.84. The van der Waals surface area contributed by atoms with Gasteiger partial charge in [0, 0.05) is 3.57 Å². The smallest absolute Gasteiger partial charge is 0.264 e. The van der Waals surface area contributed by atoms with Gasteiger partial charge in [-0.3, -0.25) is 14.5 Å². The molecule has 2 aromatic carbocycles. The molecule has 2 rings (SSSR count). The van der Waals surface area contributed by atoms with Crippen molar-refractivity contribution < 1.29 is 17.6 Å². The molecule has 0 heterocycles. The van der Waals surface area contributed by atoms with E-state index in [0.29, 0.717) is 9.26 Å². The Morgan fingerprint density at radius 3 is 2.35 bits per heavy atom. The number of hydrazine groups is 1. The van der Waals surface area contributed by atoms with E-state index in [4.69, 9.17) is 5.84 Å². The van der Waals surface area contributed by atoms with Gasteiger partial charge in [0.05, 0.1) is 10.6 Å². The van der Waals surface area contributed by atoms with Gasteiger partial charge >= 0.3 is 0 Å².